The first-order chi connectivity index (χ1) is 45.6. The highest BCUT2D eigenvalue weighted by molar-refractivity contribution is 5.70. The highest BCUT2D eigenvalue weighted by Gasteiger charge is 2.22. The minimum Gasteiger partial charge on any atom is -0.545 e. The maximum atomic E-state index is 13.0. The minimum atomic E-state index is -1.63. The Kier molecular flexibility index (Phi) is 70.5. The molecule has 0 radical (unpaired) electrons. The van der Waals surface area contributed by atoms with Gasteiger partial charge in [-0.05, 0) is 103 Å². The zero-order valence-electron chi connectivity index (χ0n) is 61.4. The molecule has 0 spiro atoms. The number of unbranched alkanes of at least 4 members (excludes halogenated alkanes) is 39. The first-order valence-corrected chi connectivity index (χ1v) is 39.0. The third-order valence-electron chi connectivity index (χ3n) is 17.0. The van der Waals surface area contributed by atoms with Crippen molar-refractivity contribution in [2.24, 2.45) is 0 Å². The molecule has 0 saturated carbocycles. The van der Waals surface area contributed by atoms with Crippen LogP contribution in [0.1, 0.15) is 348 Å². The zero-order valence-corrected chi connectivity index (χ0v) is 61.4. The minimum absolute atomic E-state index is 0.146. The molecule has 0 N–H and O–H groups in total. The fourth-order valence-electron chi connectivity index (χ4n) is 11.1. The van der Waals surface area contributed by atoms with E-state index < -0.39 is 24.3 Å². The van der Waals surface area contributed by atoms with Gasteiger partial charge >= 0.3 is 11.9 Å². The van der Waals surface area contributed by atoms with E-state index >= 15 is 0 Å². The van der Waals surface area contributed by atoms with Crippen LogP contribution in [-0.4, -0.2) is 82.3 Å². The van der Waals surface area contributed by atoms with E-state index in [1.165, 1.54) is 225 Å². The van der Waals surface area contributed by atoms with E-state index in [4.69, 9.17) is 18.9 Å². The quantitative estimate of drug-likeness (QED) is 0.0195. The Morgan fingerprint density at radius 1 is 0.333 bits per heavy atom. The lowest BCUT2D eigenvalue weighted by Gasteiger charge is -2.26. The first kappa shape index (κ1) is 89.0. The van der Waals surface area contributed by atoms with Crippen molar-refractivity contribution in [1.82, 2.24) is 0 Å². The Morgan fingerprint density at radius 2 is 0.613 bits per heavy atom. The van der Waals surface area contributed by atoms with E-state index in [0.29, 0.717) is 23.9 Å². The maximum Gasteiger partial charge on any atom is 0.306 e. The number of likely N-dealkylation sites (N-methyl/N-ethyl adjacent to an activating group) is 1. The predicted octanol–water partition coefficient (Wildman–Crippen LogP) is 23.6. The second-order valence-corrected chi connectivity index (χ2v) is 27.3. The molecule has 0 heterocycles. The van der Waals surface area contributed by atoms with Gasteiger partial charge in [-0.1, -0.05) is 342 Å². The van der Waals surface area contributed by atoms with Gasteiger partial charge in [0.15, 0.2) is 12.4 Å². The Balaban J connectivity index is 4.05. The second kappa shape index (κ2) is 73.8. The van der Waals surface area contributed by atoms with Crippen LogP contribution in [0.25, 0.3) is 0 Å². The van der Waals surface area contributed by atoms with Crippen molar-refractivity contribution in [1.29, 1.82) is 0 Å². The molecular formula is C84H147NO8. The third-order valence-corrected chi connectivity index (χ3v) is 17.0. The van der Waals surface area contributed by atoms with E-state index in [-0.39, 0.29) is 32.2 Å². The van der Waals surface area contributed by atoms with Crippen molar-refractivity contribution in [3.05, 3.63) is 109 Å². The van der Waals surface area contributed by atoms with E-state index in [1.54, 1.807) is 0 Å². The summed E-state index contributed by atoms with van der Waals surface area (Å²) < 4.78 is 22.9. The number of nitrogens with zero attached hydrogens (tertiary/aromatic N) is 1. The molecular weight excluding hydrogens is 1150 g/mol. The lowest BCUT2D eigenvalue weighted by atomic mass is 10.0. The van der Waals surface area contributed by atoms with Crippen molar-refractivity contribution in [2.75, 3.05) is 47.5 Å². The fraction of sp³-hybridized carbons (Fsp3) is 0.750. The molecule has 9 heteroatoms. The standard InChI is InChI=1S/C84H147NO8/c1-6-8-10-12-14-16-18-20-22-24-26-28-30-32-34-36-37-38-39-40-41-42-43-44-45-47-49-51-53-55-57-59-61-63-65-67-69-71-73-75-82(87)93-80(79-92-84(83(88)89)90-77-76-85(3,4)5)78-91-81(86)74-72-70-68-66-64-62-60-58-56-54-52-50-48-46-35-33-31-29-27-25-23-21-19-17-15-13-11-9-7-2/h8,10,14,16,20,22,25-28,32,34,37-38,40-41,43-44,80,84H,6-7,9,11-13,15,17-19,21,23-24,29-31,33,35-36,39,42,45-79H2,1-5H3/b10-8-,16-14-,22-20-,27-25-,28-26-,34-32-,38-37-,41-40-,44-43-. The van der Waals surface area contributed by atoms with Crippen LogP contribution in [0.2, 0.25) is 0 Å². The molecule has 0 aromatic carbocycles. The van der Waals surface area contributed by atoms with Crippen molar-refractivity contribution < 1.29 is 42.9 Å². The number of carbonyl (C=O) groups excluding carboxylic acids is 3. The molecule has 0 saturated heterocycles. The molecule has 0 aliphatic carbocycles. The van der Waals surface area contributed by atoms with Crippen molar-refractivity contribution in [3.8, 4) is 0 Å². The largest absolute Gasteiger partial charge is 0.545 e. The van der Waals surface area contributed by atoms with Gasteiger partial charge in [-0.3, -0.25) is 9.59 Å². The highest BCUT2D eigenvalue weighted by atomic mass is 16.7. The summed E-state index contributed by atoms with van der Waals surface area (Å²) in [6, 6.07) is 0. The Labute approximate surface area is 575 Å². The second-order valence-electron chi connectivity index (χ2n) is 27.3. The number of carbonyl (C=O) groups is 3. The van der Waals surface area contributed by atoms with Gasteiger partial charge in [-0.25, -0.2) is 0 Å². The molecule has 536 valence electrons. The molecule has 0 amide bonds. The molecule has 0 fully saturated rings. The van der Waals surface area contributed by atoms with Crippen molar-refractivity contribution in [2.45, 2.75) is 360 Å². The summed E-state index contributed by atoms with van der Waals surface area (Å²) in [5.41, 5.74) is 0. The van der Waals surface area contributed by atoms with Gasteiger partial charge in [-0.2, -0.15) is 0 Å². The van der Waals surface area contributed by atoms with Gasteiger partial charge in [0.1, 0.15) is 13.2 Å². The SMILES string of the molecule is CC/C=C\C/C=C\C/C=C\C/C=C\C/C=C\C/C=C\C/C=C\C/C=C\CCCCCCCCCCCCCCCCC(=O)OC(COC(=O)CCCCCCCCCCCCCCCCCCC/C=C\CCCCCCCCCC)COC(OCC[N+](C)(C)C)C(=O)[O-]. The molecule has 2 atom stereocenters. The lowest BCUT2D eigenvalue weighted by molar-refractivity contribution is -0.870. The zero-order chi connectivity index (χ0) is 67.5. The summed E-state index contributed by atoms with van der Waals surface area (Å²) in [5, 5.41) is 11.9. The number of allylic oxidation sites excluding steroid dienone is 18. The van der Waals surface area contributed by atoms with Crippen LogP contribution in [0.5, 0.6) is 0 Å². The summed E-state index contributed by atoms with van der Waals surface area (Å²) >= 11 is 0. The molecule has 0 bridgehead atoms. The van der Waals surface area contributed by atoms with E-state index in [2.05, 4.69) is 123 Å². The number of hydrogen-bond donors (Lipinski definition) is 0. The van der Waals surface area contributed by atoms with Crippen LogP contribution >= 0.6 is 0 Å². The molecule has 0 aromatic heterocycles. The molecule has 0 aromatic rings. The number of carboxylic acid groups (broad SMARTS) is 1. The maximum absolute atomic E-state index is 13.0. The molecule has 2 unspecified atom stereocenters. The van der Waals surface area contributed by atoms with Crippen LogP contribution in [0.4, 0.5) is 0 Å². The van der Waals surface area contributed by atoms with Gasteiger partial charge in [0, 0.05) is 12.8 Å². The van der Waals surface area contributed by atoms with Crippen LogP contribution in [0.15, 0.2) is 109 Å². The smallest absolute Gasteiger partial charge is 0.306 e. The molecule has 0 aliphatic rings. The van der Waals surface area contributed by atoms with Gasteiger partial charge < -0.3 is 33.3 Å². The van der Waals surface area contributed by atoms with Crippen LogP contribution in [-0.2, 0) is 33.3 Å². The van der Waals surface area contributed by atoms with Crippen LogP contribution < -0.4 is 5.11 Å². The first-order valence-electron chi connectivity index (χ1n) is 39.0. The summed E-state index contributed by atoms with van der Waals surface area (Å²) in [5.74, 6) is -2.27. The monoisotopic (exact) mass is 1300 g/mol. The number of quaternary nitrogens is 1. The number of carboxylic acids is 1. The third kappa shape index (κ3) is 75.2. The summed E-state index contributed by atoms with van der Waals surface area (Å²) in [4.78, 5) is 37.6. The normalized spacial score (nSPS) is 13.3. The fourth-order valence-corrected chi connectivity index (χ4v) is 11.1. The highest BCUT2D eigenvalue weighted by Crippen LogP contribution is 2.18. The average Bonchev–Trinajstić information content (AvgIpc) is 3.38. The van der Waals surface area contributed by atoms with Gasteiger partial charge in [0.2, 0.25) is 0 Å². The predicted molar refractivity (Wildman–Crippen MR) is 398 cm³/mol. The molecule has 9 nitrogen and oxygen atoms in total. The Hall–Kier alpha value is -4.05. The number of ether oxygens (including phenoxy) is 4. The summed E-state index contributed by atoms with van der Waals surface area (Å²) in [6.45, 7) is 4.67. The van der Waals surface area contributed by atoms with Gasteiger partial charge in [0.25, 0.3) is 0 Å². The number of rotatable bonds is 72. The summed E-state index contributed by atoms with van der Waals surface area (Å²) in [7, 11) is 5.94. The van der Waals surface area contributed by atoms with Crippen molar-refractivity contribution in [3.63, 3.8) is 0 Å². The average molecular weight is 1300 g/mol. The number of aliphatic carboxylic acids is 1. The molecule has 0 rings (SSSR count). The van der Waals surface area contributed by atoms with Gasteiger partial charge in [0.05, 0.1) is 40.3 Å². The molecule has 0 aliphatic heterocycles. The van der Waals surface area contributed by atoms with E-state index in [0.717, 1.165) is 89.9 Å². The summed E-state index contributed by atoms with van der Waals surface area (Å²) in [6.07, 6.45) is 101. The Morgan fingerprint density at radius 3 is 0.925 bits per heavy atom. The van der Waals surface area contributed by atoms with E-state index in [1.807, 2.05) is 21.1 Å². The van der Waals surface area contributed by atoms with Crippen molar-refractivity contribution >= 4 is 17.9 Å². The number of hydrogen-bond acceptors (Lipinski definition) is 8. The van der Waals surface area contributed by atoms with Crippen LogP contribution in [0.3, 0.4) is 0 Å². The molecule has 93 heavy (non-hydrogen) atoms. The van der Waals surface area contributed by atoms with E-state index in [9.17, 15) is 19.5 Å². The number of esters is 2. The Bertz CT molecular complexity index is 1900. The topological polar surface area (TPSA) is 111 Å². The van der Waals surface area contributed by atoms with Crippen LogP contribution in [0, 0.1) is 0 Å². The van der Waals surface area contributed by atoms with Gasteiger partial charge in [-0.15, -0.1) is 0 Å². The lowest BCUT2D eigenvalue weighted by Crippen LogP contribution is -2.44.